The van der Waals surface area contributed by atoms with E-state index in [0.717, 1.165) is 12.3 Å². The first-order chi connectivity index (χ1) is 13.9. The van der Waals surface area contributed by atoms with Crippen molar-refractivity contribution in [2.45, 2.75) is 18.0 Å². The number of imidazole rings is 1. The molecule has 0 atom stereocenters. The van der Waals surface area contributed by atoms with Crippen LogP contribution in [0.25, 0.3) is 11.5 Å². The lowest BCUT2D eigenvalue weighted by Gasteiger charge is -2.10. The number of alkyl halides is 3. The normalized spacial score (nSPS) is 12.1. The molecule has 13 heteroatoms. The quantitative estimate of drug-likeness (QED) is 0.556. The van der Waals surface area contributed by atoms with Gasteiger partial charge in [0.1, 0.15) is 11.4 Å². The second-order valence-electron chi connectivity index (χ2n) is 6.30. The van der Waals surface area contributed by atoms with E-state index in [4.69, 9.17) is 4.74 Å². The van der Waals surface area contributed by atoms with Gasteiger partial charge in [0, 0.05) is 11.9 Å². The lowest BCUT2D eigenvalue weighted by atomic mass is 10.2. The van der Waals surface area contributed by atoms with Crippen LogP contribution in [0.4, 0.5) is 18.9 Å². The van der Waals surface area contributed by atoms with E-state index >= 15 is 0 Å². The molecular formula is C17H16F3N5O4S. The SMILES string of the molecule is COc1ccc(S(C)(=O)=O)cc1C(=O)Nc1cn[nH]c1-c1nc(C(F)(F)F)c(C)[nH]1. The molecule has 1 aromatic carbocycles. The van der Waals surface area contributed by atoms with E-state index in [1.807, 2.05) is 0 Å². The molecule has 1 amide bonds. The van der Waals surface area contributed by atoms with Crippen LogP contribution in [0.2, 0.25) is 0 Å². The number of hydrogen-bond donors (Lipinski definition) is 3. The Balaban J connectivity index is 1.97. The molecule has 2 heterocycles. The summed E-state index contributed by atoms with van der Waals surface area (Å²) in [5, 5.41) is 8.70. The van der Waals surface area contributed by atoms with Crippen LogP contribution in [0.1, 0.15) is 21.7 Å². The smallest absolute Gasteiger partial charge is 0.435 e. The number of halogens is 3. The molecule has 0 aliphatic rings. The number of nitrogens with one attached hydrogen (secondary N) is 3. The molecule has 0 saturated heterocycles. The average molecular weight is 443 g/mol. The highest BCUT2D eigenvalue weighted by Crippen LogP contribution is 2.33. The Kier molecular flexibility index (Phi) is 5.33. The number of aromatic nitrogens is 4. The summed E-state index contributed by atoms with van der Waals surface area (Å²) in [6.07, 6.45) is -2.48. The molecule has 0 saturated carbocycles. The zero-order chi connectivity index (χ0) is 22.3. The van der Waals surface area contributed by atoms with E-state index in [2.05, 4.69) is 25.5 Å². The van der Waals surface area contributed by atoms with Gasteiger partial charge >= 0.3 is 6.18 Å². The maximum atomic E-state index is 13.0. The third-order valence-corrected chi connectivity index (χ3v) is 5.23. The molecule has 0 aliphatic heterocycles. The molecule has 0 bridgehead atoms. The van der Waals surface area contributed by atoms with Gasteiger partial charge < -0.3 is 15.0 Å². The minimum atomic E-state index is -4.65. The van der Waals surface area contributed by atoms with E-state index in [-0.39, 0.29) is 39.1 Å². The van der Waals surface area contributed by atoms with E-state index in [1.165, 1.54) is 32.4 Å². The number of carbonyl (C=O) groups is 1. The molecule has 0 spiro atoms. The summed E-state index contributed by atoms with van der Waals surface area (Å²) in [5.41, 5.74) is -1.33. The molecule has 9 nitrogen and oxygen atoms in total. The maximum Gasteiger partial charge on any atom is 0.435 e. The van der Waals surface area contributed by atoms with Crippen LogP contribution in [0.15, 0.2) is 29.3 Å². The van der Waals surface area contributed by atoms with Crippen LogP contribution >= 0.6 is 0 Å². The Morgan fingerprint density at radius 1 is 1.27 bits per heavy atom. The van der Waals surface area contributed by atoms with Crippen molar-refractivity contribution in [1.29, 1.82) is 0 Å². The van der Waals surface area contributed by atoms with Gasteiger partial charge in [-0.1, -0.05) is 0 Å². The zero-order valence-electron chi connectivity index (χ0n) is 15.9. The number of benzene rings is 1. The topological polar surface area (TPSA) is 130 Å². The van der Waals surface area contributed by atoms with Crippen molar-refractivity contribution < 1.29 is 31.1 Å². The molecule has 3 rings (SSSR count). The summed E-state index contributed by atoms with van der Waals surface area (Å²) < 4.78 is 67.7. The number of nitrogens with zero attached hydrogens (tertiary/aromatic N) is 2. The van der Waals surface area contributed by atoms with E-state index < -0.39 is 27.6 Å². The first-order valence-electron chi connectivity index (χ1n) is 8.28. The van der Waals surface area contributed by atoms with Crippen molar-refractivity contribution in [3.05, 3.63) is 41.3 Å². The van der Waals surface area contributed by atoms with Gasteiger partial charge in [0.15, 0.2) is 21.4 Å². The maximum absolute atomic E-state index is 13.0. The lowest BCUT2D eigenvalue weighted by molar-refractivity contribution is -0.141. The number of aryl methyl sites for hydroxylation is 1. The molecule has 0 radical (unpaired) electrons. The fourth-order valence-electron chi connectivity index (χ4n) is 2.70. The van der Waals surface area contributed by atoms with E-state index in [9.17, 15) is 26.4 Å². The summed E-state index contributed by atoms with van der Waals surface area (Å²) in [6, 6.07) is 3.76. The van der Waals surface area contributed by atoms with Crippen LogP contribution in [-0.4, -0.2) is 47.9 Å². The van der Waals surface area contributed by atoms with Crippen molar-refractivity contribution >= 4 is 21.4 Å². The minimum Gasteiger partial charge on any atom is -0.496 e. The number of H-pyrrole nitrogens is 2. The third kappa shape index (κ3) is 4.15. The van der Waals surface area contributed by atoms with Crippen LogP contribution < -0.4 is 10.1 Å². The number of methoxy groups -OCH3 is 1. The number of amides is 1. The second kappa shape index (κ2) is 7.48. The van der Waals surface area contributed by atoms with Crippen molar-refractivity contribution in [3.8, 4) is 17.3 Å². The summed E-state index contributed by atoms with van der Waals surface area (Å²) in [5.74, 6) is -0.818. The summed E-state index contributed by atoms with van der Waals surface area (Å²) in [7, 11) is -2.28. The van der Waals surface area contributed by atoms with Gasteiger partial charge in [-0.25, -0.2) is 13.4 Å². The molecule has 2 aromatic heterocycles. The highest BCUT2D eigenvalue weighted by molar-refractivity contribution is 7.90. The van der Waals surface area contributed by atoms with Gasteiger partial charge in [0.2, 0.25) is 0 Å². The third-order valence-electron chi connectivity index (χ3n) is 4.12. The van der Waals surface area contributed by atoms with Crippen LogP contribution in [-0.2, 0) is 16.0 Å². The van der Waals surface area contributed by atoms with Crippen LogP contribution in [0.3, 0.4) is 0 Å². The first kappa shape index (κ1) is 21.4. The first-order valence-corrected chi connectivity index (χ1v) is 10.2. The van der Waals surface area contributed by atoms with Gasteiger partial charge in [0.05, 0.1) is 29.5 Å². The number of ether oxygens (including phenoxy) is 1. The molecule has 0 unspecified atom stereocenters. The van der Waals surface area contributed by atoms with Gasteiger partial charge in [-0.15, -0.1) is 0 Å². The predicted octanol–water partition coefficient (Wildman–Crippen LogP) is 2.79. The van der Waals surface area contributed by atoms with E-state index in [1.54, 1.807) is 0 Å². The van der Waals surface area contributed by atoms with Gasteiger partial charge in [-0.05, 0) is 25.1 Å². The van der Waals surface area contributed by atoms with Crippen molar-refractivity contribution in [3.63, 3.8) is 0 Å². The zero-order valence-corrected chi connectivity index (χ0v) is 16.7. The fraction of sp³-hybridized carbons (Fsp3) is 0.235. The molecule has 3 N–H and O–H groups in total. The molecule has 0 aliphatic carbocycles. The monoisotopic (exact) mass is 443 g/mol. The van der Waals surface area contributed by atoms with Crippen molar-refractivity contribution in [2.24, 2.45) is 0 Å². The average Bonchev–Trinajstić information content (AvgIpc) is 3.26. The predicted molar refractivity (Wildman–Crippen MR) is 100.0 cm³/mol. The Labute approximate surface area is 168 Å². The summed E-state index contributed by atoms with van der Waals surface area (Å²) >= 11 is 0. The highest BCUT2D eigenvalue weighted by Gasteiger charge is 2.36. The van der Waals surface area contributed by atoms with Gasteiger partial charge in [0.25, 0.3) is 5.91 Å². The Bertz CT molecular complexity index is 1210. The Morgan fingerprint density at radius 2 is 1.97 bits per heavy atom. The fourth-order valence-corrected chi connectivity index (χ4v) is 3.35. The second-order valence-corrected chi connectivity index (χ2v) is 8.32. The molecular weight excluding hydrogens is 427 g/mol. The largest absolute Gasteiger partial charge is 0.496 e. The Morgan fingerprint density at radius 3 is 2.53 bits per heavy atom. The van der Waals surface area contributed by atoms with Crippen molar-refractivity contribution in [2.75, 3.05) is 18.7 Å². The Hall–Kier alpha value is -3.35. The van der Waals surface area contributed by atoms with E-state index in [0.29, 0.717) is 0 Å². The number of carbonyl (C=O) groups excluding carboxylic acids is 1. The number of hydrogen-bond acceptors (Lipinski definition) is 6. The molecule has 0 fully saturated rings. The van der Waals surface area contributed by atoms with Crippen LogP contribution in [0, 0.1) is 6.92 Å². The number of sulfone groups is 1. The molecule has 3 aromatic rings. The standard InChI is InChI=1S/C17H16F3N5O4S/c1-8-14(17(18,19)20)24-15(22-8)13-11(7-21-25-13)23-16(26)10-6-9(30(3,27)28)4-5-12(10)29-2/h4-7H,1-3H3,(H,21,25)(H,22,24)(H,23,26). The molecule has 160 valence electrons. The summed E-state index contributed by atoms with van der Waals surface area (Å²) in [4.78, 5) is 18.7. The summed E-state index contributed by atoms with van der Waals surface area (Å²) in [6.45, 7) is 1.22. The minimum absolute atomic E-state index is 0.0141. The lowest BCUT2D eigenvalue weighted by Crippen LogP contribution is -2.14. The number of aromatic amines is 2. The van der Waals surface area contributed by atoms with Crippen molar-refractivity contribution in [1.82, 2.24) is 20.2 Å². The number of rotatable bonds is 5. The van der Waals surface area contributed by atoms with Crippen LogP contribution in [0.5, 0.6) is 5.75 Å². The highest BCUT2D eigenvalue weighted by atomic mass is 32.2. The van der Waals surface area contributed by atoms with Gasteiger partial charge in [-0.3, -0.25) is 9.89 Å². The van der Waals surface area contributed by atoms with Gasteiger partial charge in [-0.2, -0.15) is 18.3 Å². The molecule has 30 heavy (non-hydrogen) atoms. The number of anilines is 1.